The van der Waals surface area contributed by atoms with Crippen molar-refractivity contribution in [1.82, 2.24) is 5.32 Å². The fourth-order valence-electron chi connectivity index (χ4n) is 1.99. The maximum absolute atomic E-state index is 10.7. The van der Waals surface area contributed by atoms with E-state index in [2.05, 4.69) is 5.32 Å². The van der Waals surface area contributed by atoms with Crippen molar-refractivity contribution < 1.29 is 14.6 Å². The number of carboxylic acid groups (broad SMARTS) is 1. The minimum Gasteiger partial charge on any atom is -0.495 e. The summed E-state index contributed by atoms with van der Waals surface area (Å²) < 4.78 is 5.35. The molecular formula is C14H20N2O3. The second-order valence-corrected chi connectivity index (χ2v) is 4.91. The second kappa shape index (κ2) is 5.93. The lowest BCUT2D eigenvalue weighted by molar-refractivity contribution is -0.135. The zero-order valence-corrected chi connectivity index (χ0v) is 11.3. The van der Waals surface area contributed by atoms with Crippen LogP contribution in [0.25, 0.3) is 0 Å². The number of hydrogen-bond donors (Lipinski definition) is 2. The molecule has 1 aliphatic rings. The average Bonchev–Trinajstić information content (AvgIpc) is 3.19. The SMILES string of the molecule is COc1cc(CNC2CC2)ccc1N(C)CC(=O)O. The van der Waals surface area contributed by atoms with Crippen molar-refractivity contribution in [2.24, 2.45) is 0 Å². The molecule has 1 fully saturated rings. The smallest absolute Gasteiger partial charge is 0.323 e. The van der Waals surface area contributed by atoms with Gasteiger partial charge in [0.15, 0.2) is 0 Å². The molecule has 1 aliphatic carbocycles. The molecule has 1 aromatic rings. The summed E-state index contributed by atoms with van der Waals surface area (Å²) in [6.45, 7) is 0.778. The Bertz CT molecular complexity index is 458. The molecule has 1 aromatic carbocycles. The van der Waals surface area contributed by atoms with Crippen LogP contribution in [0.2, 0.25) is 0 Å². The summed E-state index contributed by atoms with van der Waals surface area (Å²) >= 11 is 0. The Morgan fingerprint density at radius 2 is 2.26 bits per heavy atom. The summed E-state index contributed by atoms with van der Waals surface area (Å²) in [6, 6.07) is 6.54. The van der Waals surface area contributed by atoms with Crippen molar-refractivity contribution >= 4 is 11.7 Å². The lowest BCUT2D eigenvalue weighted by atomic mass is 10.1. The normalized spacial score (nSPS) is 14.2. The minimum absolute atomic E-state index is 0.0456. The number of rotatable bonds is 7. The fraction of sp³-hybridized carbons (Fsp3) is 0.500. The summed E-state index contributed by atoms with van der Waals surface area (Å²) in [5, 5.41) is 12.3. The van der Waals surface area contributed by atoms with E-state index in [-0.39, 0.29) is 6.54 Å². The number of ether oxygens (including phenoxy) is 1. The van der Waals surface area contributed by atoms with Crippen LogP contribution in [0, 0.1) is 0 Å². The summed E-state index contributed by atoms with van der Waals surface area (Å²) in [5.41, 5.74) is 1.94. The molecule has 19 heavy (non-hydrogen) atoms. The van der Waals surface area contributed by atoms with E-state index in [4.69, 9.17) is 9.84 Å². The van der Waals surface area contributed by atoms with E-state index < -0.39 is 5.97 Å². The lowest BCUT2D eigenvalue weighted by Crippen LogP contribution is -2.25. The van der Waals surface area contributed by atoms with Crippen molar-refractivity contribution in [1.29, 1.82) is 0 Å². The Labute approximate surface area is 113 Å². The molecule has 5 nitrogen and oxygen atoms in total. The zero-order valence-electron chi connectivity index (χ0n) is 11.3. The predicted molar refractivity (Wildman–Crippen MR) is 73.8 cm³/mol. The molecule has 0 bridgehead atoms. The third kappa shape index (κ3) is 3.86. The molecule has 0 aliphatic heterocycles. The number of anilines is 1. The van der Waals surface area contributed by atoms with Crippen LogP contribution in [-0.2, 0) is 11.3 Å². The Morgan fingerprint density at radius 3 is 2.84 bits per heavy atom. The average molecular weight is 264 g/mol. The highest BCUT2D eigenvalue weighted by Gasteiger charge is 2.20. The number of benzene rings is 1. The van der Waals surface area contributed by atoms with Crippen molar-refractivity contribution in [3.05, 3.63) is 23.8 Å². The number of nitrogens with one attached hydrogen (secondary N) is 1. The van der Waals surface area contributed by atoms with E-state index in [0.717, 1.165) is 17.8 Å². The van der Waals surface area contributed by atoms with Crippen LogP contribution >= 0.6 is 0 Å². The van der Waals surface area contributed by atoms with Gasteiger partial charge in [-0.3, -0.25) is 4.79 Å². The molecule has 0 atom stereocenters. The summed E-state index contributed by atoms with van der Waals surface area (Å²) in [7, 11) is 3.35. The first-order valence-electron chi connectivity index (χ1n) is 6.43. The summed E-state index contributed by atoms with van der Waals surface area (Å²) in [5.74, 6) is -0.150. The number of aliphatic carboxylic acids is 1. The number of methoxy groups -OCH3 is 1. The molecular weight excluding hydrogens is 244 g/mol. The van der Waals surface area contributed by atoms with Crippen LogP contribution in [0.3, 0.4) is 0 Å². The molecule has 0 heterocycles. The predicted octanol–water partition coefficient (Wildman–Crippen LogP) is 1.47. The quantitative estimate of drug-likeness (QED) is 0.781. The van der Waals surface area contributed by atoms with Crippen molar-refractivity contribution in [3.8, 4) is 5.75 Å². The van der Waals surface area contributed by atoms with Crippen molar-refractivity contribution in [2.75, 3.05) is 25.6 Å². The molecule has 0 spiro atoms. The van der Waals surface area contributed by atoms with E-state index >= 15 is 0 Å². The van der Waals surface area contributed by atoms with Gasteiger partial charge in [-0.25, -0.2) is 0 Å². The second-order valence-electron chi connectivity index (χ2n) is 4.91. The van der Waals surface area contributed by atoms with Crippen LogP contribution in [0.4, 0.5) is 5.69 Å². The highest BCUT2D eigenvalue weighted by Crippen LogP contribution is 2.29. The van der Waals surface area contributed by atoms with Crippen molar-refractivity contribution in [2.45, 2.75) is 25.4 Å². The van der Waals surface area contributed by atoms with E-state index in [0.29, 0.717) is 11.8 Å². The Hall–Kier alpha value is -1.75. The van der Waals surface area contributed by atoms with Gasteiger partial charge in [-0.15, -0.1) is 0 Å². The van der Waals surface area contributed by atoms with E-state index in [9.17, 15) is 4.79 Å². The first-order valence-corrected chi connectivity index (χ1v) is 6.43. The number of likely N-dealkylation sites (N-methyl/N-ethyl adjacent to an activating group) is 1. The van der Waals surface area contributed by atoms with Gasteiger partial charge in [0.25, 0.3) is 0 Å². The van der Waals surface area contributed by atoms with Crippen LogP contribution in [0.15, 0.2) is 18.2 Å². The van der Waals surface area contributed by atoms with Gasteiger partial charge in [-0.2, -0.15) is 0 Å². The molecule has 0 aromatic heterocycles. The Kier molecular flexibility index (Phi) is 4.27. The van der Waals surface area contributed by atoms with Crippen molar-refractivity contribution in [3.63, 3.8) is 0 Å². The number of nitrogens with zero attached hydrogens (tertiary/aromatic N) is 1. The number of hydrogen-bond acceptors (Lipinski definition) is 4. The molecule has 0 saturated heterocycles. The van der Waals surface area contributed by atoms with Gasteiger partial charge in [-0.05, 0) is 30.5 Å². The highest BCUT2D eigenvalue weighted by molar-refractivity contribution is 5.75. The van der Waals surface area contributed by atoms with E-state index in [1.807, 2.05) is 18.2 Å². The summed E-state index contributed by atoms with van der Waals surface area (Å²) in [4.78, 5) is 12.4. The maximum atomic E-state index is 10.7. The third-order valence-corrected chi connectivity index (χ3v) is 3.20. The molecule has 5 heteroatoms. The highest BCUT2D eigenvalue weighted by atomic mass is 16.5. The van der Waals surface area contributed by atoms with Gasteiger partial charge in [0.05, 0.1) is 12.8 Å². The van der Waals surface area contributed by atoms with Gasteiger partial charge < -0.3 is 20.1 Å². The third-order valence-electron chi connectivity index (χ3n) is 3.20. The largest absolute Gasteiger partial charge is 0.495 e. The molecule has 0 unspecified atom stereocenters. The van der Waals surface area contributed by atoms with E-state index in [1.165, 1.54) is 12.8 Å². The van der Waals surface area contributed by atoms with E-state index in [1.54, 1.807) is 19.1 Å². The first-order chi connectivity index (χ1) is 9.10. The molecule has 2 rings (SSSR count). The number of carbonyl (C=O) groups is 1. The molecule has 1 saturated carbocycles. The molecule has 0 amide bonds. The monoisotopic (exact) mass is 264 g/mol. The zero-order chi connectivity index (χ0) is 13.8. The Balaban J connectivity index is 2.07. The van der Waals surface area contributed by atoms with Crippen LogP contribution < -0.4 is 15.0 Å². The molecule has 2 N–H and O–H groups in total. The van der Waals surface area contributed by atoms with Gasteiger partial charge >= 0.3 is 5.97 Å². The maximum Gasteiger partial charge on any atom is 0.323 e. The van der Waals surface area contributed by atoms with Crippen LogP contribution in [0.5, 0.6) is 5.75 Å². The van der Waals surface area contributed by atoms with Gasteiger partial charge in [0.1, 0.15) is 12.3 Å². The molecule has 104 valence electrons. The van der Waals surface area contributed by atoms with Crippen LogP contribution in [-0.4, -0.2) is 37.8 Å². The standard InChI is InChI=1S/C14H20N2O3/c1-16(9-14(17)18)12-6-3-10(7-13(12)19-2)8-15-11-4-5-11/h3,6-7,11,15H,4-5,8-9H2,1-2H3,(H,17,18). The minimum atomic E-state index is -0.857. The first kappa shape index (κ1) is 13.7. The number of carboxylic acids is 1. The van der Waals surface area contributed by atoms with Crippen LogP contribution in [0.1, 0.15) is 18.4 Å². The van der Waals surface area contributed by atoms with Gasteiger partial charge in [-0.1, -0.05) is 6.07 Å². The topological polar surface area (TPSA) is 61.8 Å². The fourth-order valence-corrected chi connectivity index (χ4v) is 1.99. The van der Waals surface area contributed by atoms with Gasteiger partial charge in [0, 0.05) is 19.6 Å². The molecule has 0 radical (unpaired) electrons. The van der Waals surface area contributed by atoms with Gasteiger partial charge in [0.2, 0.25) is 0 Å². The Morgan fingerprint density at radius 1 is 1.53 bits per heavy atom. The lowest BCUT2D eigenvalue weighted by Gasteiger charge is -2.20. The summed E-state index contributed by atoms with van der Waals surface area (Å²) in [6.07, 6.45) is 2.52.